The summed E-state index contributed by atoms with van der Waals surface area (Å²) in [5, 5.41) is 18.6. The van der Waals surface area contributed by atoms with Crippen molar-refractivity contribution in [2.75, 3.05) is 26.8 Å². The van der Waals surface area contributed by atoms with Gasteiger partial charge in [-0.25, -0.2) is 9.59 Å². The predicted molar refractivity (Wildman–Crippen MR) is 106 cm³/mol. The standard InChI is InChI=1S/C22H22O10/c23-15-5-1-13(2-6-15)21(25)27-9-17-19-20(32-11-29-17)18(30-12-31-19)10-28-22(26)14-3-7-16(24)8-4-14/h1-8,17-20,23-24H,9-12H2. The van der Waals surface area contributed by atoms with Crippen LogP contribution in [-0.4, -0.2) is 73.4 Å². The normalized spacial score (nSPS) is 24.9. The van der Waals surface area contributed by atoms with Crippen molar-refractivity contribution in [3.05, 3.63) is 59.7 Å². The number of carbonyl (C=O) groups is 2. The Kier molecular flexibility index (Phi) is 6.86. The van der Waals surface area contributed by atoms with Gasteiger partial charge in [-0.3, -0.25) is 0 Å². The quantitative estimate of drug-likeness (QED) is 0.631. The second-order valence-corrected chi connectivity index (χ2v) is 7.20. The summed E-state index contributed by atoms with van der Waals surface area (Å²) in [6.45, 7) is -0.302. The van der Waals surface area contributed by atoms with Crippen molar-refractivity contribution in [3.8, 4) is 11.5 Å². The van der Waals surface area contributed by atoms with E-state index in [4.69, 9.17) is 28.4 Å². The Labute approximate surface area is 183 Å². The summed E-state index contributed by atoms with van der Waals surface area (Å²) in [7, 11) is 0. The SMILES string of the molecule is O=C(OCC1OCOC2C(COC(=O)c3ccc(O)cc3)OCOC12)c1ccc(O)cc1. The van der Waals surface area contributed by atoms with Gasteiger partial charge >= 0.3 is 11.9 Å². The van der Waals surface area contributed by atoms with Gasteiger partial charge in [0.25, 0.3) is 0 Å². The van der Waals surface area contributed by atoms with E-state index in [1.165, 1.54) is 48.5 Å². The van der Waals surface area contributed by atoms with E-state index in [1.54, 1.807) is 0 Å². The van der Waals surface area contributed by atoms with Crippen LogP contribution in [0.1, 0.15) is 20.7 Å². The third-order valence-corrected chi connectivity index (χ3v) is 5.11. The lowest BCUT2D eigenvalue weighted by Crippen LogP contribution is -2.59. The second-order valence-electron chi connectivity index (χ2n) is 7.20. The van der Waals surface area contributed by atoms with Gasteiger partial charge in [-0.2, -0.15) is 0 Å². The summed E-state index contributed by atoms with van der Waals surface area (Å²) >= 11 is 0. The van der Waals surface area contributed by atoms with Gasteiger partial charge in [0.1, 0.15) is 62.7 Å². The molecule has 2 N–H and O–H groups in total. The van der Waals surface area contributed by atoms with Crippen LogP contribution in [0, 0.1) is 0 Å². The van der Waals surface area contributed by atoms with Gasteiger partial charge in [-0.05, 0) is 48.5 Å². The molecule has 2 aromatic carbocycles. The van der Waals surface area contributed by atoms with Crippen LogP contribution >= 0.6 is 0 Å². The molecule has 0 saturated carbocycles. The Morgan fingerprint density at radius 1 is 0.688 bits per heavy atom. The summed E-state index contributed by atoms with van der Waals surface area (Å²) in [4.78, 5) is 24.5. The summed E-state index contributed by atoms with van der Waals surface area (Å²) in [6, 6.07) is 11.4. The van der Waals surface area contributed by atoms with E-state index in [2.05, 4.69) is 0 Å². The molecule has 2 fully saturated rings. The molecule has 2 saturated heterocycles. The molecule has 4 rings (SSSR count). The summed E-state index contributed by atoms with van der Waals surface area (Å²) in [5.41, 5.74) is 0.580. The molecule has 32 heavy (non-hydrogen) atoms. The molecule has 0 radical (unpaired) electrons. The number of hydrogen-bond donors (Lipinski definition) is 2. The average Bonchev–Trinajstić information content (AvgIpc) is 2.81. The van der Waals surface area contributed by atoms with Crippen molar-refractivity contribution in [2.24, 2.45) is 0 Å². The van der Waals surface area contributed by atoms with E-state index in [-0.39, 0.29) is 38.3 Å². The van der Waals surface area contributed by atoms with Crippen molar-refractivity contribution < 1.29 is 48.2 Å². The number of rotatable bonds is 6. The fraction of sp³-hybridized carbons (Fsp3) is 0.364. The first-order valence-electron chi connectivity index (χ1n) is 9.90. The number of esters is 2. The fourth-order valence-corrected chi connectivity index (χ4v) is 3.39. The van der Waals surface area contributed by atoms with Crippen molar-refractivity contribution in [2.45, 2.75) is 24.4 Å². The molecule has 2 aliphatic rings. The molecule has 2 aliphatic heterocycles. The van der Waals surface area contributed by atoms with Gasteiger partial charge < -0.3 is 38.6 Å². The molecular weight excluding hydrogens is 424 g/mol. The molecule has 4 atom stereocenters. The van der Waals surface area contributed by atoms with E-state index in [0.29, 0.717) is 11.1 Å². The van der Waals surface area contributed by atoms with Crippen LogP contribution in [0.4, 0.5) is 0 Å². The Bertz CT molecular complexity index is 849. The molecule has 0 bridgehead atoms. The van der Waals surface area contributed by atoms with Crippen LogP contribution in [0.3, 0.4) is 0 Å². The summed E-state index contributed by atoms with van der Waals surface area (Å²) in [5.74, 6) is -1.04. The molecule has 2 heterocycles. The minimum atomic E-state index is -0.603. The van der Waals surface area contributed by atoms with E-state index >= 15 is 0 Å². The number of ether oxygens (including phenoxy) is 6. The maximum Gasteiger partial charge on any atom is 0.338 e. The number of carbonyl (C=O) groups excluding carboxylic acids is 2. The smallest absolute Gasteiger partial charge is 0.338 e. The van der Waals surface area contributed by atoms with Gasteiger partial charge in [-0.15, -0.1) is 0 Å². The number of phenols is 2. The molecule has 10 heteroatoms. The Balaban J connectivity index is 1.32. The molecule has 0 spiro atoms. The third kappa shape index (κ3) is 5.17. The maximum absolute atomic E-state index is 12.2. The lowest BCUT2D eigenvalue weighted by Gasteiger charge is -2.43. The second kappa shape index (κ2) is 9.96. The zero-order chi connectivity index (χ0) is 22.5. The molecule has 170 valence electrons. The van der Waals surface area contributed by atoms with E-state index in [1.807, 2.05) is 0 Å². The minimum absolute atomic E-state index is 0.0462. The molecule has 10 nitrogen and oxygen atoms in total. The maximum atomic E-state index is 12.2. The van der Waals surface area contributed by atoms with Crippen LogP contribution in [0.15, 0.2) is 48.5 Å². The minimum Gasteiger partial charge on any atom is -0.508 e. The highest BCUT2D eigenvalue weighted by atomic mass is 16.8. The average molecular weight is 446 g/mol. The Morgan fingerprint density at radius 3 is 1.44 bits per heavy atom. The van der Waals surface area contributed by atoms with Gasteiger partial charge in [-0.1, -0.05) is 0 Å². The molecular formula is C22H22O10. The summed E-state index contributed by atoms with van der Waals surface area (Å²) < 4.78 is 33.0. The van der Waals surface area contributed by atoms with Gasteiger partial charge in [0.2, 0.25) is 0 Å². The summed E-state index contributed by atoms with van der Waals surface area (Å²) in [6.07, 6.45) is -2.40. The molecule has 0 aromatic heterocycles. The van der Waals surface area contributed by atoms with Crippen molar-refractivity contribution in [1.29, 1.82) is 0 Å². The predicted octanol–water partition coefficient (Wildman–Crippen LogP) is 1.59. The number of phenolic OH excluding ortho intramolecular Hbond substituents is 2. The Morgan fingerprint density at radius 2 is 1.06 bits per heavy atom. The molecule has 4 unspecified atom stereocenters. The topological polar surface area (TPSA) is 130 Å². The number of hydrogen-bond acceptors (Lipinski definition) is 10. The van der Waals surface area contributed by atoms with Crippen LogP contribution in [0.25, 0.3) is 0 Å². The third-order valence-electron chi connectivity index (χ3n) is 5.11. The zero-order valence-corrected chi connectivity index (χ0v) is 16.9. The first-order valence-corrected chi connectivity index (χ1v) is 9.90. The molecule has 0 aliphatic carbocycles. The first kappa shape index (κ1) is 22.0. The highest BCUT2D eigenvalue weighted by Crippen LogP contribution is 2.27. The fourth-order valence-electron chi connectivity index (χ4n) is 3.39. The van der Waals surface area contributed by atoms with E-state index < -0.39 is 36.4 Å². The highest BCUT2D eigenvalue weighted by molar-refractivity contribution is 5.90. The monoisotopic (exact) mass is 446 g/mol. The van der Waals surface area contributed by atoms with Gasteiger partial charge in [0.15, 0.2) is 0 Å². The van der Waals surface area contributed by atoms with Crippen molar-refractivity contribution in [1.82, 2.24) is 0 Å². The van der Waals surface area contributed by atoms with Crippen molar-refractivity contribution in [3.63, 3.8) is 0 Å². The van der Waals surface area contributed by atoms with Crippen LogP contribution in [-0.2, 0) is 28.4 Å². The first-order chi connectivity index (χ1) is 15.5. The lowest BCUT2D eigenvalue weighted by atomic mass is 10.0. The lowest BCUT2D eigenvalue weighted by molar-refractivity contribution is -0.328. The van der Waals surface area contributed by atoms with Gasteiger partial charge in [0, 0.05) is 0 Å². The molecule has 0 amide bonds. The van der Waals surface area contributed by atoms with Crippen molar-refractivity contribution >= 4 is 11.9 Å². The number of aromatic hydroxyl groups is 2. The van der Waals surface area contributed by atoms with Crippen LogP contribution in [0.5, 0.6) is 11.5 Å². The Hall–Kier alpha value is -3.18. The number of benzene rings is 2. The largest absolute Gasteiger partial charge is 0.508 e. The van der Waals surface area contributed by atoms with Crippen LogP contribution < -0.4 is 0 Å². The van der Waals surface area contributed by atoms with Crippen LogP contribution in [0.2, 0.25) is 0 Å². The molecule has 2 aromatic rings. The number of fused-ring (bicyclic) bond motifs is 1. The van der Waals surface area contributed by atoms with E-state index in [0.717, 1.165) is 0 Å². The van der Waals surface area contributed by atoms with Gasteiger partial charge in [0.05, 0.1) is 11.1 Å². The highest BCUT2D eigenvalue weighted by Gasteiger charge is 2.45. The zero-order valence-electron chi connectivity index (χ0n) is 16.9. The van der Waals surface area contributed by atoms with E-state index in [9.17, 15) is 19.8 Å².